The molecule has 6 heteroatoms. The van der Waals surface area contributed by atoms with Gasteiger partial charge in [0.1, 0.15) is 4.75 Å². The summed E-state index contributed by atoms with van der Waals surface area (Å²) in [5.74, 6) is -0.514. The molecule has 1 aromatic carbocycles. The van der Waals surface area contributed by atoms with E-state index in [0.717, 1.165) is 0 Å². The molecule has 0 aliphatic rings. The van der Waals surface area contributed by atoms with Crippen LogP contribution in [0.1, 0.15) is 20.8 Å². The zero-order chi connectivity index (χ0) is 14.0. The van der Waals surface area contributed by atoms with Gasteiger partial charge in [0, 0.05) is 11.6 Å². The minimum absolute atomic E-state index is 0.0863. The third-order valence-electron chi connectivity index (χ3n) is 2.68. The molecule has 0 fully saturated rings. The average Bonchev–Trinajstić information content (AvgIpc) is 2.29. The van der Waals surface area contributed by atoms with E-state index < -0.39 is 20.5 Å². The summed E-state index contributed by atoms with van der Waals surface area (Å²) < 4.78 is 23.2. The van der Waals surface area contributed by atoms with Gasteiger partial charge in [-0.3, -0.25) is 4.79 Å². The van der Waals surface area contributed by atoms with Gasteiger partial charge in [-0.25, -0.2) is 8.42 Å². The fourth-order valence-corrected chi connectivity index (χ4v) is 2.93. The van der Waals surface area contributed by atoms with E-state index in [9.17, 15) is 13.2 Å². The minimum atomic E-state index is -3.75. The highest BCUT2D eigenvalue weighted by Crippen LogP contribution is 2.26. The number of hydrogen-bond acceptors (Lipinski definition) is 3. The maximum absolute atomic E-state index is 12.4. The van der Waals surface area contributed by atoms with Crippen LogP contribution in [-0.4, -0.2) is 25.6 Å². The molecule has 0 aliphatic heterocycles. The first-order chi connectivity index (χ1) is 8.23. The number of halogens is 1. The summed E-state index contributed by atoms with van der Waals surface area (Å²) >= 11 is 5.71. The molecule has 4 nitrogen and oxygen atoms in total. The van der Waals surface area contributed by atoms with E-state index in [1.54, 1.807) is 6.92 Å². The largest absolute Gasteiger partial charge is 0.355 e. The first-order valence-electron chi connectivity index (χ1n) is 5.52. The van der Waals surface area contributed by atoms with Crippen molar-refractivity contribution in [2.75, 3.05) is 6.54 Å². The van der Waals surface area contributed by atoms with Gasteiger partial charge in [0.2, 0.25) is 5.91 Å². The van der Waals surface area contributed by atoms with Gasteiger partial charge in [-0.2, -0.15) is 0 Å². The van der Waals surface area contributed by atoms with Crippen LogP contribution >= 0.6 is 11.6 Å². The zero-order valence-corrected chi connectivity index (χ0v) is 12.1. The molecule has 100 valence electrons. The highest BCUT2D eigenvalue weighted by atomic mass is 35.5. The maximum Gasteiger partial charge on any atom is 0.241 e. The van der Waals surface area contributed by atoms with Crippen LogP contribution in [0.25, 0.3) is 0 Å². The Morgan fingerprint density at radius 1 is 1.28 bits per heavy atom. The standard InChI is InChI=1S/C12H16ClNO3S/c1-4-14-11(15)12(2,3)18(16,17)10-7-5-9(13)6-8-10/h5-8H,4H2,1-3H3,(H,14,15). The molecule has 1 amide bonds. The van der Waals surface area contributed by atoms with Crippen molar-refractivity contribution < 1.29 is 13.2 Å². The van der Waals surface area contributed by atoms with Crippen LogP contribution in [0.3, 0.4) is 0 Å². The summed E-state index contributed by atoms with van der Waals surface area (Å²) in [5, 5.41) is 2.98. The normalized spacial score (nSPS) is 12.2. The third-order valence-corrected chi connectivity index (χ3v) is 5.35. The molecule has 0 bridgehead atoms. The Balaban J connectivity index is 3.21. The van der Waals surface area contributed by atoms with E-state index in [0.29, 0.717) is 11.6 Å². The second-order valence-corrected chi connectivity index (χ2v) is 7.26. The molecule has 0 atom stereocenters. The minimum Gasteiger partial charge on any atom is -0.355 e. The van der Waals surface area contributed by atoms with Gasteiger partial charge < -0.3 is 5.32 Å². The molecular formula is C12H16ClNO3S. The molecule has 1 aromatic rings. The molecule has 0 aliphatic carbocycles. The van der Waals surface area contributed by atoms with Crippen LogP contribution in [0.15, 0.2) is 29.2 Å². The number of hydrogen-bond donors (Lipinski definition) is 1. The lowest BCUT2D eigenvalue weighted by Crippen LogP contribution is -2.47. The first kappa shape index (κ1) is 15.0. The number of carbonyl (C=O) groups excluding carboxylic acids is 1. The number of carbonyl (C=O) groups is 1. The SMILES string of the molecule is CCNC(=O)C(C)(C)S(=O)(=O)c1ccc(Cl)cc1. The van der Waals surface area contributed by atoms with Gasteiger partial charge in [-0.05, 0) is 45.0 Å². The Labute approximate surface area is 112 Å². The Kier molecular flexibility index (Phi) is 4.40. The molecule has 0 heterocycles. The van der Waals surface area contributed by atoms with Crippen molar-refractivity contribution in [2.24, 2.45) is 0 Å². The number of rotatable bonds is 4. The summed E-state index contributed by atoms with van der Waals surface area (Å²) in [6, 6.07) is 5.78. The van der Waals surface area contributed by atoms with Crippen LogP contribution in [0.5, 0.6) is 0 Å². The molecule has 0 aromatic heterocycles. The maximum atomic E-state index is 12.4. The fourth-order valence-electron chi connectivity index (χ4n) is 1.40. The number of nitrogens with one attached hydrogen (secondary N) is 1. The van der Waals surface area contributed by atoms with Crippen molar-refractivity contribution in [3.8, 4) is 0 Å². The summed E-state index contributed by atoms with van der Waals surface area (Å²) in [4.78, 5) is 11.9. The molecule has 0 radical (unpaired) electrons. The number of benzene rings is 1. The number of amides is 1. The molecule has 1 N–H and O–H groups in total. The Morgan fingerprint density at radius 2 is 1.78 bits per heavy atom. The van der Waals surface area contributed by atoms with Gasteiger partial charge in [0.25, 0.3) is 0 Å². The zero-order valence-electron chi connectivity index (χ0n) is 10.5. The molecule has 0 saturated heterocycles. The highest BCUT2D eigenvalue weighted by molar-refractivity contribution is 7.93. The summed E-state index contributed by atoms with van der Waals surface area (Å²) in [5.41, 5.74) is 0. The van der Waals surface area contributed by atoms with Crippen LogP contribution in [-0.2, 0) is 14.6 Å². The van der Waals surface area contributed by atoms with E-state index in [1.807, 2.05) is 0 Å². The number of sulfone groups is 1. The molecule has 0 unspecified atom stereocenters. The van der Waals surface area contributed by atoms with E-state index in [4.69, 9.17) is 11.6 Å². The monoisotopic (exact) mass is 289 g/mol. The van der Waals surface area contributed by atoms with Crippen molar-refractivity contribution in [3.63, 3.8) is 0 Å². The van der Waals surface area contributed by atoms with Crippen LogP contribution in [0.2, 0.25) is 5.02 Å². The molecule has 0 spiro atoms. The lowest BCUT2D eigenvalue weighted by atomic mass is 10.2. The highest BCUT2D eigenvalue weighted by Gasteiger charge is 2.42. The predicted molar refractivity (Wildman–Crippen MR) is 71.4 cm³/mol. The molecule has 18 heavy (non-hydrogen) atoms. The van der Waals surface area contributed by atoms with E-state index in [-0.39, 0.29) is 4.90 Å². The van der Waals surface area contributed by atoms with Crippen molar-refractivity contribution >= 4 is 27.3 Å². The van der Waals surface area contributed by atoms with Crippen molar-refractivity contribution in [3.05, 3.63) is 29.3 Å². The molecular weight excluding hydrogens is 274 g/mol. The lowest BCUT2D eigenvalue weighted by Gasteiger charge is -2.23. The quantitative estimate of drug-likeness (QED) is 0.922. The van der Waals surface area contributed by atoms with Crippen LogP contribution < -0.4 is 5.32 Å². The first-order valence-corrected chi connectivity index (χ1v) is 7.38. The molecule has 1 rings (SSSR count). The summed E-state index contributed by atoms with van der Waals surface area (Å²) in [6.07, 6.45) is 0. The van der Waals surface area contributed by atoms with Crippen LogP contribution in [0, 0.1) is 0 Å². The summed E-state index contributed by atoms with van der Waals surface area (Å²) in [7, 11) is -3.75. The van der Waals surface area contributed by atoms with Gasteiger partial charge in [-0.15, -0.1) is 0 Å². The van der Waals surface area contributed by atoms with Crippen molar-refractivity contribution in [1.29, 1.82) is 0 Å². The van der Waals surface area contributed by atoms with Gasteiger partial charge in [0.15, 0.2) is 9.84 Å². The van der Waals surface area contributed by atoms with E-state index in [2.05, 4.69) is 5.32 Å². The van der Waals surface area contributed by atoms with Gasteiger partial charge in [0.05, 0.1) is 4.90 Å². The predicted octanol–water partition coefficient (Wildman–Crippen LogP) is 2.03. The average molecular weight is 290 g/mol. The Bertz CT molecular complexity index is 535. The smallest absolute Gasteiger partial charge is 0.241 e. The summed E-state index contributed by atoms with van der Waals surface area (Å²) in [6.45, 7) is 4.91. The van der Waals surface area contributed by atoms with E-state index >= 15 is 0 Å². The Morgan fingerprint density at radius 3 is 2.22 bits per heavy atom. The second-order valence-electron chi connectivity index (χ2n) is 4.33. The lowest BCUT2D eigenvalue weighted by molar-refractivity contribution is -0.122. The van der Waals surface area contributed by atoms with Crippen LogP contribution in [0.4, 0.5) is 0 Å². The third kappa shape index (κ3) is 2.67. The second kappa shape index (κ2) is 5.28. The van der Waals surface area contributed by atoms with Crippen molar-refractivity contribution in [2.45, 2.75) is 30.4 Å². The van der Waals surface area contributed by atoms with Gasteiger partial charge in [-0.1, -0.05) is 11.6 Å². The fraction of sp³-hybridized carbons (Fsp3) is 0.417. The van der Waals surface area contributed by atoms with Gasteiger partial charge >= 0.3 is 0 Å². The topological polar surface area (TPSA) is 63.2 Å². The van der Waals surface area contributed by atoms with Crippen molar-refractivity contribution in [1.82, 2.24) is 5.32 Å². The molecule has 0 saturated carbocycles. The Hall–Kier alpha value is -1.07. The van der Waals surface area contributed by atoms with E-state index in [1.165, 1.54) is 38.1 Å².